The Kier molecular flexibility index (Phi) is 14.2. The van der Waals surface area contributed by atoms with E-state index in [2.05, 4.69) is 131 Å². The van der Waals surface area contributed by atoms with Gasteiger partial charge < -0.3 is 18.7 Å². The van der Waals surface area contributed by atoms with E-state index in [1.807, 2.05) is 0 Å². The van der Waals surface area contributed by atoms with E-state index in [1.54, 1.807) is 0 Å². The molecule has 1 N–H and O–H groups in total. The van der Waals surface area contributed by atoms with Crippen LogP contribution in [0.3, 0.4) is 0 Å². The molecule has 43 heavy (non-hydrogen) atoms. The van der Waals surface area contributed by atoms with Crippen molar-refractivity contribution in [2.24, 2.45) is 10.8 Å². The summed E-state index contributed by atoms with van der Waals surface area (Å²) in [7, 11) is -1.87. The van der Waals surface area contributed by atoms with Crippen LogP contribution < -0.4 is 4.74 Å². The molecule has 3 unspecified atom stereocenters. The van der Waals surface area contributed by atoms with Crippen molar-refractivity contribution in [2.45, 2.75) is 151 Å². The number of ether oxygens (including phenoxy) is 1. The molecule has 0 aliphatic heterocycles. The Balaban J connectivity index is 2.35. The highest BCUT2D eigenvalue weighted by Crippen LogP contribution is 2.46. The first-order valence-corrected chi connectivity index (χ1v) is 21.2. The van der Waals surface area contributed by atoms with Gasteiger partial charge in [-0.1, -0.05) is 92.6 Å². The Morgan fingerprint density at radius 1 is 0.767 bits per heavy atom. The van der Waals surface area contributed by atoms with Crippen molar-refractivity contribution in [3.05, 3.63) is 64.7 Å². The van der Waals surface area contributed by atoms with Crippen molar-refractivity contribution in [1.82, 2.24) is 0 Å². The molecular weight excluding hydrogens is 565 g/mol. The predicted octanol–water partition coefficient (Wildman–Crippen LogP) is 10.8. The van der Waals surface area contributed by atoms with Gasteiger partial charge in [0.2, 0.25) is 18.1 Å². The molecule has 0 aromatic heterocycles. The second-order valence-corrected chi connectivity index (χ2v) is 19.2. The Labute approximate surface area is 268 Å². The van der Waals surface area contributed by atoms with Gasteiger partial charge in [-0.2, -0.15) is 0 Å². The number of benzene rings is 2. The van der Waals surface area contributed by atoms with Crippen molar-refractivity contribution in [2.75, 3.05) is 0 Å². The maximum Gasteiger partial charge on any atom is 0.205 e. The van der Waals surface area contributed by atoms with Gasteiger partial charge in [0.15, 0.2) is 0 Å². The molecular formula is C37H62O4Si2. The van der Waals surface area contributed by atoms with E-state index in [4.69, 9.17) is 13.6 Å². The highest BCUT2D eigenvalue weighted by molar-refractivity contribution is 6.48. The minimum Gasteiger partial charge on any atom is -0.489 e. The van der Waals surface area contributed by atoms with E-state index in [0.717, 1.165) is 37.9 Å². The monoisotopic (exact) mass is 626 g/mol. The zero-order chi connectivity index (χ0) is 32.6. The van der Waals surface area contributed by atoms with Crippen molar-refractivity contribution in [1.29, 1.82) is 0 Å². The summed E-state index contributed by atoms with van der Waals surface area (Å²) in [4.78, 5) is 0. The highest BCUT2D eigenvalue weighted by atomic mass is 28.3. The minimum absolute atomic E-state index is 0.0258. The van der Waals surface area contributed by atoms with Crippen molar-refractivity contribution in [3.8, 4) is 5.75 Å². The molecule has 6 heteroatoms. The lowest BCUT2D eigenvalue weighted by molar-refractivity contribution is 0.0209. The predicted molar refractivity (Wildman–Crippen MR) is 187 cm³/mol. The lowest BCUT2D eigenvalue weighted by atomic mass is 9.77. The second kappa shape index (κ2) is 16.2. The topological polar surface area (TPSA) is 47.9 Å². The van der Waals surface area contributed by atoms with Crippen molar-refractivity contribution >= 4 is 18.1 Å². The summed E-state index contributed by atoms with van der Waals surface area (Å²) in [5, 5.41) is 10.7. The third-order valence-electron chi connectivity index (χ3n) is 8.42. The summed E-state index contributed by atoms with van der Waals surface area (Å²) in [6, 6.07) is 15.3. The molecule has 0 spiro atoms. The molecule has 2 rings (SSSR count). The lowest BCUT2D eigenvalue weighted by Crippen LogP contribution is -2.31. The van der Waals surface area contributed by atoms with Gasteiger partial charge in [-0.3, -0.25) is 0 Å². The normalized spacial score (nSPS) is 15.2. The average molecular weight is 627 g/mol. The summed E-state index contributed by atoms with van der Waals surface area (Å²) < 4.78 is 19.9. The van der Waals surface area contributed by atoms with Gasteiger partial charge in [0, 0.05) is 0 Å². The van der Waals surface area contributed by atoms with Gasteiger partial charge in [0.05, 0.1) is 17.8 Å². The Hall–Kier alpha value is -1.45. The first-order chi connectivity index (χ1) is 19.9. The summed E-state index contributed by atoms with van der Waals surface area (Å²) in [5.74, 6) is 1.30. The summed E-state index contributed by atoms with van der Waals surface area (Å²) >= 11 is 0. The number of aliphatic hydroxyl groups is 1. The smallest absolute Gasteiger partial charge is 0.205 e. The van der Waals surface area contributed by atoms with Gasteiger partial charge in [0.1, 0.15) is 12.4 Å². The second-order valence-electron chi connectivity index (χ2n) is 15.1. The zero-order valence-electron chi connectivity index (χ0n) is 29.7. The molecule has 0 saturated heterocycles. The van der Waals surface area contributed by atoms with Gasteiger partial charge in [-0.15, -0.1) is 0 Å². The third-order valence-corrected chi connectivity index (χ3v) is 9.84. The van der Waals surface area contributed by atoms with Crippen LogP contribution >= 0.6 is 0 Å². The molecule has 242 valence electrons. The largest absolute Gasteiger partial charge is 0.489 e. The fourth-order valence-electron chi connectivity index (χ4n) is 5.66. The fraction of sp³-hybridized carbons (Fsp3) is 0.676. The van der Waals surface area contributed by atoms with Crippen molar-refractivity contribution in [3.63, 3.8) is 0 Å². The number of hydrogen-bond donors (Lipinski definition) is 1. The van der Waals surface area contributed by atoms with E-state index in [9.17, 15) is 5.11 Å². The van der Waals surface area contributed by atoms with Crippen LogP contribution in [0, 0.1) is 10.8 Å². The first-order valence-electron chi connectivity index (χ1n) is 16.4. The molecule has 0 aliphatic rings. The van der Waals surface area contributed by atoms with Gasteiger partial charge in [-0.25, -0.2) is 0 Å². The SMILES string of the molecule is CCC(O)(CC)CCCC(C)c1cccc(COc2ccc(C(O[Si](C)C)C(C)(C)C)c(C(O[Si](C)C)C(C)(C)C)c2)c1. The van der Waals surface area contributed by atoms with Crippen LogP contribution in [0.25, 0.3) is 0 Å². The molecule has 0 amide bonds. The van der Waals surface area contributed by atoms with Crippen molar-refractivity contribution < 1.29 is 18.7 Å². The molecule has 2 aromatic rings. The Morgan fingerprint density at radius 2 is 1.33 bits per heavy atom. The van der Waals surface area contributed by atoms with Gasteiger partial charge in [0.25, 0.3) is 0 Å². The van der Waals surface area contributed by atoms with E-state index < -0.39 is 23.7 Å². The average Bonchev–Trinajstić information content (AvgIpc) is 2.92. The van der Waals surface area contributed by atoms with Crippen LogP contribution in [0.15, 0.2) is 42.5 Å². The Bertz CT molecular complexity index is 1110. The standard InChI is InChI=1S/C37H62O4Si2/c1-14-37(38,15-2)23-17-18-27(3)29-20-16-19-28(24-29)26-39-30-21-22-31(33(35(4,5)6)40-42(10)11)32(25-30)34(36(7,8)9)41-43(12)13/h16,19-22,24-25,27,33-34,38H,14-15,17-18,23,26H2,1-13H3. The lowest BCUT2D eigenvalue weighted by Gasteiger charge is -2.39. The Morgan fingerprint density at radius 3 is 1.84 bits per heavy atom. The number of hydrogen-bond acceptors (Lipinski definition) is 4. The van der Waals surface area contributed by atoms with Crippen LogP contribution in [0.2, 0.25) is 26.2 Å². The zero-order valence-corrected chi connectivity index (χ0v) is 31.7. The molecule has 2 aromatic carbocycles. The highest BCUT2D eigenvalue weighted by Gasteiger charge is 2.36. The summed E-state index contributed by atoms with van der Waals surface area (Å²) in [5.41, 5.74) is 4.23. The fourth-order valence-corrected chi connectivity index (χ4v) is 7.56. The summed E-state index contributed by atoms with van der Waals surface area (Å²) in [6.45, 7) is 29.4. The van der Waals surface area contributed by atoms with Gasteiger partial charge >= 0.3 is 0 Å². The van der Waals surface area contributed by atoms with Crippen LogP contribution in [0.1, 0.15) is 135 Å². The molecule has 3 atom stereocenters. The molecule has 0 fully saturated rings. The molecule has 2 radical (unpaired) electrons. The van der Waals surface area contributed by atoms with E-state index in [-0.39, 0.29) is 23.0 Å². The molecule has 0 heterocycles. The molecule has 0 bridgehead atoms. The van der Waals surface area contributed by atoms with E-state index in [0.29, 0.717) is 12.5 Å². The van der Waals surface area contributed by atoms with Crippen LogP contribution in [0.4, 0.5) is 0 Å². The quantitative estimate of drug-likeness (QED) is 0.188. The van der Waals surface area contributed by atoms with E-state index in [1.165, 1.54) is 22.3 Å². The van der Waals surface area contributed by atoms with Crippen LogP contribution in [-0.2, 0) is 15.5 Å². The van der Waals surface area contributed by atoms with Gasteiger partial charge in [-0.05, 0) is 109 Å². The molecule has 0 saturated carbocycles. The molecule has 4 nitrogen and oxygen atoms in total. The van der Waals surface area contributed by atoms with Crippen LogP contribution in [-0.4, -0.2) is 28.8 Å². The maximum atomic E-state index is 10.7. The van der Waals surface area contributed by atoms with E-state index >= 15 is 0 Å². The maximum absolute atomic E-state index is 10.7. The minimum atomic E-state index is -0.950. The van der Waals surface area contributed by atoms with Crippen LogP contribution in [0.5, 0.6) is 5.75 Å². The first kappa shape index (κ1) is 37.7. The number of rotatable bonds is 16. The molecule has 0 aliphatic carbocycles. The summed E-state index contributed by atoms with van der Waals surface area (Å²) in [6.07, 6.45) is 4.51. The third kappa shape index (κ3) is 11.8.